The molecule has 0 radical (unpaired) electrons. The number of benzene rings is 1. The lowest BCUT2D eigenvalue weighted by atomic mass is 9.86. The van der Waals surface area contributed by atoms with Gasteiger partial charge in [0.1, 0.15) is 0 Å². The zero-order chi connectivity index (χ0) is 16.2. The van der Waals surface area contributed by atoms with Crippen molar-refractivity contribution in [1.29, 1.82) is 5.26 Å². The number of carbonyl (C=O) groups excluding carboxylic acids is 1. The molecule has 0 aliphatic carbocycles. The Labute approximate surface area is 130 Å². The van der Waals surface area contributed by atoms with Gasteiger partial charge in [-0.15, -0.1) is 0 Å². The maximum Gasteiger partial charge on any atom is 0.358 e. The maximum atomic E-state index is 11.6. The van der Waals surface area contributed by atoms with Gasteiger partial charge in [0, 0.05) is 12.7 Å². The van der Waals surface area contributed by atoms with E-state index in [-0.39, 0.29) is 0 Å². The van der Waals surface area contributed by atoms with Crippen LogP contribution in [0.25, 0.3) is 0 Å². The fraction of sp³-hybridized carbons (Fsp3) is 0.353. The van der Waals surface area contributed by atoms with Crippen LogP contribution in [-0.2, 0) is 16.7 Å². The first kappa shape index (κ1) is 15.8. The van der Waals surface area contributed by atoms with Gasteiger partial charge >= 0.3 is 5.97 Å². The molecule has 0 atom stereocenters. The SMILES string of the molecule is CCOC(=O)c1cn(Cc2ccc(C(C)(C)C#N)cc2)cn1. The molecule has 1 aromatic carbocycles. The fourth-order valence-corrected chi connectivity index (χ4v) is 2.06. The summed E-state index contributed by atoms with van der Waals surface area (Å²) in [5, 5.41) is 9.14. The number of aromatic nitrogens is 2. The van der Waals surface area contributed by atoms with Gasteiger partial charge in [0.2, 0.25) is 0 Å². The second kappa shape index (κ2) is 6.44. The van der Waals surface area contributed by atoms with Crippen molar-refractivity contribution < 1.29 is 9.53 Å². The Morgan fingerprint density at radius 2 is 2.05 bits per heavy atom. The summed E-state index contributed by atoms with van der Waals surface area (Å²) in [5.41, 5.74) is 1.87. The molecule has 0 bridgehead atoms. The highest BCUT2D eigenvalue weighted by molar-refractivity contribution is 5.86. The first-order valence-corrected chi connectivity index (χ1v) is 7.16. The third-order valence-corrected chi connectivity index (χ3v) is 3.44. The molecule has 0 saturated heterocycles. The van der Waals surface area contributed by atoms with E-state index in [4.69, 9.17) is 10.00 Å². The van der Waals surface area contributed by atoms with Crippen LogP contribution in [0.15, 0.2) is 36.8 Å². The largest absolute Gasteiger partial charge is 0.461 e. The molecule has 5 heteroatoms. The van der Waals surface area contributed by atoms with Gasteiger partial charge in [-0.25, -0.2) is 9.78 Å². The summed E-state index contributed by atoms with van der Waals surface area (Å²) in [6.45, 7) is 6.49. The van der Waals surface area contributed by atoms with Crippen LogP contribution in [0.2, 0.25) is 0 Å². The fourth-order valence-electron chi connectivity index (χ4n) is 2.06. The summed E-state index contributed by atoms with van der Waals surface area (Å²) >= 11 is 0. The molecule has 0 aliphatic heterocycles. The molecule has 0 amide bonds. The smallest absolute Gasteiger partial charge is 0.358 e. The van der Waals surface area contributed by atoms with Gasteiger partial charge in [0.25, 0.3) is 0 Å². The van der Waals surface area contributed by atoms with E-state index in [0.29, 0.717) is 18.8 Å². The second-order valence-corrected chi connectivity index (χ2v) is 5.59. The van der Waals surface area contributed by atoms with Crippen molar-refractivity contribution in [2.45, 2.75) is 32.7 Å². The molecule has 114 valence electrons. The molecule has 0 fully saturated rings. The quantitative estimate of drug-likeness (QED) is 0.796. The van der Waals surface area contributed by atoms with E-state index in [9.17, 15) is 4.79 Å². The average molecular weight is 297 g/mol. The molecular formula is C17H19N3O2. The van der Waals surface area contributed by atoms with Crippen molar-refractivity contribution in [1.82, 2.24) is 9.55 Å². The standard InChI is InChI=1S/C17H19N3O2/c1-4-22-16(21)15-10-20(12-19-15)9-13-5-7-14(8-6-13)17(2,3)11-18/h5-8,10,12H,4,9H2,1-3H3. The molecule has 2 rings (SSSR count). The van der Waals surface area contributed by atoms with Gasteiger partial charge in [-0.2, -0.15) is 5.26 Å². The van der Waals surface area contributed by atoms with Crippen molar-refractivity contribution in [2.24, 2.45) is 0 Å². The summed E-state index contributed by atoms with van der Waals surface area (Å²) < 4.78 is 6.74. The van der Waals surface area contributed by atoms with E-state index >= 15 is 0 Å². The van der Waals surface area contributed by atoms with Gasteiger partial charge in [-0.05, 0) is 31.9 Å². The Kier molecular flexibility index (Phi) is 4.62. The minimum absolute atomic E-state index is 0.309. The zero-order valence-electron chi connectivity index (χ0n) is 13.0. The van der Waals surface area contributed by atoms with Crippen LogP contribution in [0.1, 0.15) is 42.4 Å². The molecule has 0 aliphatic rings. The topological polar surface area (TPSA) is 67.9 Å². The number of nitrogens with zero attached hydrogens (tertiary/aromatic N) is 3. The minimum atomic E-state index is -0.495. The van der Waals surface area contributed by atoms with Crippen molar-refractivity contribution in [3.63, 3.8) is 0 Å². The summed E-state index contributed by atoms with van der Waals surface area (Å²) in [6.07, 6.45) is 3.28. The number of esters is 1. The van der Waals surface area contributed by atoms with Crippen LogP contribution in [0, 0.1) is 11.3 Å². The van der Waals surface area contributed by atoms with Crippen molar-refractivity contribution >= 4 is 5.97 Å². The van der Waals surface area contributed by atoms with Crippen LogP contribution in [0.5, 0.6) is 0 Å². The van der Waals surface area contributed by atoms with E-state index < -0.39 is 11.4 Å². The molecule has 2 aromatic rings. The van der Waals surface area contributed by atoms with Crippen molar-refractivity contribution in [3.05, 3.63) is 53.6 Å². The Hall–Kier alpha value is -2.61. The van der Waals surface area contributed by atoms with Crippen LogP contribution < -0.4 is 0 Å². The lowest BCUT2D eigenvalue weighted by molar-refractivity contribution is 0.0520. The predicted octanol–water partition coefficient (Wildman–Crippen LogP) is 2.91. The summed E-state index contributed by atoms with van der Waals surface area (Å²) in [5.74, 6) is -0.410. The molecule has 0 unspecified atom stereocenters. The van der Waals surface area contributed by atoms with E-state index in [0.717, 1.165) is 11.1 Å². The Morgan fingerprint density at radius 1 is 1.36 bits per heavy atom. The highest BCUT2D eigenvalue weighted by Gasteiger charge is 2.19. The average Bonchev–Trinajstić information content (AvgIpc) is 2.97. The van der Waals surface area contributed by atoms with Crippen LogP contribution in [0.4, 0.5) is 0 Å². The number of imidazole rings is 1. The summed E-state index contributed by atoms with van der Waals surface area (Å²) in [7, 11) is 0. The minimum Gasteiger partial charge on any atom is -0.461 e. The molecule has 5 nitrogen and oxygen atoms in total. The third-order valence-electron chi connectivity index (χ3n) is 3.44. The normalized spacial score (nSPS) is 11.0. The van der Waals surface area contributed by atoms with E-state index in [2.05, 4.69) is 11.1 Å². The van der Waals surface area contributed by atoms with Gasteiger partial charge in [0.15, 0.2) is 5.69 Å². The van der Waals surface area contributed by atoms with Crippen molar-refractivity contribution in [2.75, 3.05) is 6.61 Å². The van der Waals surface area contributed by atoms with Crippen LogP contribution >= 0.6 is 0 Å². The molecule has 0 spiro atoms. The van der Waals surface area contributed by atoms with Crippen LogP contribution in [0.3, 0.4) is 0 Å². The maximum absolute atomic E-state index is 11.6. The third kappa shape index (κ3) is 3.53. The molecule has 1 heterocycles. The Morgan fingerprint density at radius 3 is 2.64 bits per heavy atom. The highest BCUT2D eigenvalue weighted by Crippen LogP contribution is 2.22. The van der Waals surface area contributed by atoms with Gasteiger partial charge in [0.05, 0.1) is 24.4 Å². The number of carbonyl (C=O) groups is 1. The second-order valence-electron chi connectivity index (χ2n) is 5.59. The molecule has 0 N–H and O–H groups in total. The van der Waals surface area contributed by atoms with Gasteiger partial charge in [-0.3, -0.25) is 0 Å². The molecule has 22 heavy (non-hydrogen) atoms. The Bertz CT molecular complexity index is 693. The molecule has 1 aromatic heterocycles. The number of rotatable bonds is 5. The van der Waals surface area contributed by atoms with Crippen molar-refractivity contribution in [3.8, 4) is 6.07 Å². The summed E-state index contributed by atoms with van der Waals surface area (Å²) in [4.78, 5) is 15.6. The Balaban J connectivity index is 2.09. The van der Waals surface area contributed by atoms with E-state index in [1.807, 2.05) is 42.7 Å². The van der Waals surface area contributed by atoms with E-state index in [1.165, 1.54) is 0 Å². The van der Waals surface area contributed by atoms with Gasteiger partial charge in [-0.1, -0.05) is 24.3 Å². The molecular weight excluding hydrogens is 278 g/mol. The van der Waals surface area contributed by atoms with Crippen LogP contribution in [-0.4, -0.2) is 22.1 Å². The molecule has 0 saturated carbocycles. The monoisotopic (exact) mass is 297 g/mol. The number of ether oxygens (including phenoxy) is 1. The number of hydrogen-bond acceptors (Lipinski definition) is 4. The van der Waals surface area contributed by atoms with Gasteiger partial charge < -0.3 is 9.30 Å². The first-order chi connectivity index (χ1) is 10.5. The predicted molar refractivity (Wildman–Crippen MR) is 82.4 cm³/mol. The lowest BCUT2D eigenvalue weighted by Crippen LogP contribution is -2.13. The zero-order valence-corrected chi connectivity index (χ0v) is 13.0. The number of nitriles is 1. The first-order valence-electron chi connectivity index (χ1n) is 7.16. The highest BCUT2D eigenvalue weighted by atomic mass is 16.5. The summed E-state index contributed by atoms with van der Waals surface area (Å²) in [6, 6.07) is 10.2. The van der Waals surface area contributed by atoms with E-state index in [1.54, 1.807) is 19.4 Å². The lowest BCUT2D eigenvalue weighted by Gasteiger charge is -2.16. The number of hydrogen-bond donors (Lipinski definition) is 0.